The van der Waals surface area contributed by atoms with Gasteiger partial charge in [0.25, 0.3) is 0 Å². The second-order valence-electron chi connectivity index (χ2n) is 3.82. The van der Waals surface area contributed by atoms with Crippen molar-refractivity contribution in [2.75, 3.05) is 6.61 Å². The van der Waals surface area contributed by atoms with Crippen LogP contribution in [0.3, 0.4) is 0 Å². The van der Waals surface area contributed by atoms with Gasteiger partial charge in [0.05, 0.1) is 12.3 Å². The molecular formula is C12H11BrClFN2O. The van der Waals surface area contributed by atoms with E-state index in [1.165, 1.54) is 6.07 Å². The van der Waals surface area contributed by atoms with Crippen LogP contribution < -0.4 is 0 Å². The molecule has 0 atom stereocenters. The van der Waals surface area contributed by atoms with Crippen LogP contribution in [-0.4, -0.2) is 21.3 Å². The molecule has 0 aliphatic rings. The standard InChI is InChI=1S/C12H11BrClFN2O/c1-17-10(4-5-18)16-12(14)11(17)8-6-7(13)2-3-9(8)15/h2-3,6,18H,4-5H2,1H3. The zero-order chi connectivity index (χ0) is 13.3. The van der Waals surface area contributed by atoms with Crippen molar-refractivity contribution in [1.82, 2.24) is 9.55 Å². The van der Waals surface area contributed by atoms with Gasteiger partial charge in [-0.15, -0.1) is 0 Å². The van der Waals surface area contributed by atoms with E-state index in [4.69, 9.17) is 16.7 Å². The SMILES string of the molecule is Cn1c(CCO)nc(Cl)c1-c1cc(Br)ccc1F. The average Bonchev–Trinajstić information content (AvgIpc) is 2.59. The molecule has 96 valence electrons. The Morgan fingerprint density at radius 3 is 2.89 bits per heavy atom. The highest BCUT2D eigenvalue weighted by Crippen LogP contribution is 2.32. The predicted octanol–water partition coefficient (Wildman–Crippen LogP) is 3.18. The van der Waals surface area contributed by atoms with Crippen molar-refractivity contribution in [3.63, 3.8) is 0 Å². The molecule has 0 amide bonds. The first-order chi connectivity index (χ1) is 8.54. The molecule has 0 saturated carbocycles. The van der Waals surface area contributed by atoms with Gasteiger partial charge in [-0.1, -0.05) is 27.5 Å². The molecule has 3 nitrogen and oxygen atoms in total. The minimum absolute atomic E-state index is 0.0262. The number of nitrogens with zero attached hydrogens (tertiary/aromatic N) is 2. The summed E-state index contributed by atoms with van der Waals surface area (Å²) in [7, 11) is 1.75. The highest BCUT2D eigenvalue weighted by Gasteiger charge is 2.17. The molecule has 2 aromatic rings. The number of aliphatic hydroxyl groups excluding tert-OH is 1. The maximum Gasteiger partial charge on any atom is 0.155 e. The molecule has 1 aromatic heterocycles. The molecule has 0 aliphatic heterocycles. The summed E-state index contributed by atoms with van der Waals surface area (Å²) in [5, 5.41) is 9.17. The van der Waals surface area contributed by atoms with Crippen LogP contribution in [0.5, 0.6) is 0 Å². The second-order valence-corrected chi connectivity index (χ2v) is 5.10. The lowest BCUT2D eigenvalue weighted by molar-refractivity contribution is 0.295. The largest absolute Gasteiger partial charge is 0.396 e. The van der Waals surface area contributed by atoms with E-state index in [-0.39, 0.29) is 17.6 Å². The van der Waals surface area contributed by atoms with E-state index in [2.05, 4.69) is 20.9 Å². The van der Waals surface area contributed by atoms with Crippen molar-refractivity contribution in [2.24, 2.45) is 7.05 Å². The molecule has 0 saturated heterocycles. The zero-order valence-electron chi connectivity index (χ0n) is 9.62. The van der Waals surface area contributed by atoms with Crippen molar-refractivity contribution in [3.05, 3.63) is 39.5 Å². The van der Waals surface area contributed by atoms with Gasteiger partial charge in [0.1, 0.15) is 11.6 Å². The van der Waals surface area contributed by atoms with E-state index in [9.17, 15) is 4.39 Å². The van der Waals surface area contributed by atoms with Crippen molar-refractivity contribution in [1.29, 1.82) is 0 Å². The third-order valence-corrected chi connectivity index (χ3v) is 3.42. The maximum absolute atomic E-state index is 13.8. The van der Waals surface area contributed by atoms with E-state index < -0.39 is 0 Å². The molecule has 18 heavy (non-hydrogen) atoms. The normalized spacial score (nSPS) is 10.9. The van der Waals surface area contributed by atoms with Gasteiger partial charge in [0, 0.05) is 23.5 Å². The van der Waals surface area contributed by atoms with Gasteiger partial charge in [-0.2, -0.15) is 0 Å². The lowest BCUT2D eigenvalue weighted by atomic mass is 10.1. The van der Waals surface area contributed by atoms with Crippen LogP contribution in [0.2, 0.25) is 5.15 Å². The molecule has 0 unspecified atom stereocenters. The number of halogens is 3. The van der Waals surface area contributed by atoms with Gasteiger partial charge in [0.2, 0.25) is 0 Å². The number of aliphatic hydroxyl groups is 1. The molecule has 1 aromatic carbocycles. The summed E-state index contributed by atoms with van der Waals surface area (Å²) in [5.41, 5.74) is 0.896. The van der Waals surface area contributed by atoms with E-state index in [1.54, 1.807) is 23.7 Å². The van der Waals surface area contributed by atoms with Crippen LogP contribution in [0, 0.1) is 5.82 Å². The topological polar surface area (TPSA) is 38.0 Å². The minimum Gasteiger partial charge on any atom is -0.396 e. The summed E-state index contributed by atoms with van der Waals surface area (Å²) >= 11 is 9.35. The van der Waals surface area contributed by atoms with Crippen molar-refractivity contribution >= 4 is 27.5 Å². The van der Waals surface area contributed by atoms with Gasteiger partial charge in [-0.25, -0.2) is 9.37 Å². The highest BCUT2D eigenvalue weighted by molar-refractivity contribution is 9.10. The average molecular weight is 334 g/mol. The molecule has 0 aliphatic carbocycles. The van der Waals surface area contributed by atoms with Crippen molar-refractivity contribution in [3.8, 4) is 11.3 Å². The lowest BCUT2D eigenvalue weighted by Gasteiger charge is -2.07. The van der Waals surface area contributed by atoms with E-state index in [1.807, 2.05) is 0 Å². The zero-order valence-corrected chi connectivity index (χ0v) is 12.0. The van der Waals surface area contributed by atoms with E-state index in [0.717, 1.165) is 4.47 Å². The summed E-state index contributed by atoms with van der Waals surface area (Å²) in [4.78, 5) is 4.13. The second kappa shape index (κ2) is 5.38. The van der Waals surface area contributed by atoms with Gasteiger partial charge >= 0.3 is 0 Å². The molecule has 0 bridgehead atoms. The summed E-state index contributed by atoms with van der Waals surface area (Å²) in [5.74, 6) is 0.260. The number of imidazole rings is 1. The molecule has 6 heteroatoms. The monoisotopic (exact) mass is 332 g/mol. The van der Waals surface area contributed by atoms with Crippen LogP contribution in [0.25, 0.3) is 11.3 Å². The third-order valence-electron chi connectivity index (χ3n) is 2.66. The molecule has 1 N–H and O–H groups in total. The third kappa shape index (κ3) is 2.43. The molecule has 0 fully saturated rings. The summed E-state index contributed by atoms with van der Waals surface area (Å²) in [6, 6.07) is 4.65. The first-order valence-corrected chi connectivity index (χ1v) is 6.49. The maximum atomic E-state index is 13.8. The number of rotatable bonds is 3. The summed E-state index contributed by atoms with van der Waals surface area (Å²) in [6.07, 6.45) is 0.381. The Hall–Kier alpha value is -0.910. The lowest BCUT2D eigenvalue weighted by Crippen LogP contribution is -2.02. The molecule has 2 rings (SSSR count). The van der Waals surface area contributed by atoms with Crippen LogP contribution in [0.15, 0.2) is 22.7 Å². The molecular weight excluding hydrogens is 322 g/mol. The van der Waals surface area contributed by atoms with Gasteiger partial charge < -0.3 is 9.67 Å². The Balaban J connectivity index is 2.60. The molecule has 0 spiro atoms. The van der Waals surface area contributed by atoms with Crippen LogP contribution in [0.4, 0.5) is 4.39 Å². The van der Waals surface area contributed by atoms with Gasteiger partial charge in [-0.3, -0.25) is 0 Å². The Morgan fingerprint density at radius 1 is 1.50 bits per heavy atom. The predicted molar refractivity (Wildman–Crippen MR) is 72.1 cm³/mol. The van der Waals surface area contributed by atoms with Crippen LogP contribution in [0.1, 0.15) is 5.82 Å². The number of hydrogen-bond donors (Lipinski definition) is 1. The smallest absolute Gasteiger partial charge is 0.155 e. The number of hydrogen-bond acceptors (Lipinski definition) is 2. The number of benzene rings is 1. The Labute approximate surface area is 117 Å². The Kier molecular flexibility index (Phi) is 4.04. The molecule has 0 radical (unpaired) electrons. The summed E-state index contributed by atoms with van der Waals surface area (Å²) in [6.45, 7) is -0.0262. The quantitative estimate of drug-likeness (QED) is 0.937. The Bertz CT molecular complexity index is 586. The first-order valence-electron chi connectivity index (χ1n) is 5.32. The first kappa shape index (κ1) is 13.5. The molecule has 1 heterocycles. The van der Waals surface area contributed by atoms with E-state index in [0.29, 0.717) is 23.5 Å². The van der Waals surface area contributed by atoms with Crippen LogP contribution in [-0.2, 0) is 13.5 Å². The highest BCUT2D eigenvalue weighted by atomic mass is 79.9. The fraction of sp³-hybridized carbons (Fsp3) is 0.250. The van der Waals surface area contributed by atoms with Crippen molar-refractivity contribution < 1.29 is 9.50 Å². The van der Waals surface area contributed by atoms with Crippen LogP contribution >= 0.6 is 27.5 Å². The Morgan fingerprint density at radius 2 is 2.22 bits per heavy atom. The number of aromatic nitrogens is 2. The van der Waals surface area contributed by atoms with Gasteiger partial charge in [0.15, 0.2) is 5.15 Å². The fourth-order valence-corrected chi connectivity index (χ4v) is 2.49. The van der Waals surface area contributed by atoms with Gasteiger partial charge in [-0.05, 0) is 18.2 Å². The fourth-order valence-electron chi connectivity index (χ4n) is 1.80. The van der Waals surface area contributed by atoms with E-state index >= 15 is 0 Å². The minimum atomic E-state index is -0.362. The van der Waals surface area contributed by atoms with Crippen molar-refractivity contribution in [2.45, 2.75) is 6.42 Å². The summed E-state index contributed by atoms with van der Waals surface area (Å²) < 4.78 is 16.3.